The highest BCUT2D eigenvalue weighted by atomic mass is 32.1. The van der Waals surface area contributed by atoms with Gasteiger partial charge >= 0.3 is 0 Å². The summed E-state index contributed by atoms with van der Waals surface area (Å²) in [6, 6.07) is 18.9. The van der Waals surface area contributed by atoms with Gasteiger partial charge in [-0.05, 0) is 48.1 Å². The molecule has 0 aliphatic carbocycles. The summed E-state index contributed by atoms with van der Waals surface area (Å²) in [5.74, 6) is -0.220. The van der Waals surface area contributed by atoms with Crippen LogP contribution in [-0.2, 0) is 6.42 Å². The molecule has 0 unspecified atom stereocenters. The molecule has 0 bridgehead atoms. The second-order valence-electron chi connectivity index (χ2n) is 7.47. The average Bonchev–Trinajstić information content (AvgIpc) is 3.22. The number of nitro benzene ring substituents is 1. The number of carbonyl (C=O) groups excluding carboxylic acids is 1. The third kappa shape index (κ3) is 4.13. The first-order valence-corrected chi connectivity index (χ1v) is 10.8. The van der Waals surface area contributed by atoms with Crippen molar-refractivity contribution in [3.05, 3.63) is 97.7 Å². The Morgan fingerprint density at radius 2 is 1.90 bits per heavy atom. The lowest BCUT2D eigenvalue weighted by Gasteiger charge is -2.41. The topological polar surface area (TPSA) is 75.5 Å². The van der Waals surface area contributed by atoms with E-state index >= 15 is 0 Å². The summed E-state index contributed by atoms with van der Waals surface area (Å²) in [4.78, 5) is 26.6. The summed E-state index contributed by atoms with van der Waals surface area (Å²) in [7, 11) is 0. The quantitative estimate of drug-likeness (QED) is 0.472. The van der Waals surface area contributed by atoms with E-state index < -0.39 is 4.92 Å². The van der Waals surface area contributed by atoms with E-state index in [9.17, 15) is 14.9 Å². The number of hydrogen-bond donors (Lipinski definition) is 1. The van der Waals surface area contributed by atoms with Gasteiger partial charge in [-0.25, -0.2) is 0 Å². The van der Waals surface area contributed by atoms with Crippen molar-refractivity contribution < 1.29 is 9.72 Å². The van der Waals surface area contributed by atoms with E-state index in [-0.39, 0.29) is 17.6 Å². The number of carbonyl (C=O) groups is 1. The van der Waals surface area contributed by atoms with Crippen LogP contribution in [0.3, 0.4) is 0 Å². The van der Waals surface area contributed by atoms with E-state index in [2.05, 4.69) is 52.9 Å². The number of nitrogens with one attached hydrogen (secondary N) is 1. The normalized spacial score (nSPS) is 18.6. The van der Waals surface area contributed by atoms with Crippen molar-refractivity contribution >= 4 is 22.9 Å². The zero-order valence-corrected chi connectivity index (χ0v) is 17.5. The van der Waals surface area contributed by atoms with E-state index in [0.29, 0.717) is 18.2 Å². The number of non-ortho nitro benzene ring substituents is 1. The van der Waals surface area contributed by atoms with Crippen molar-refractivity contribution in [3.63, 3.8) is 0 Å². The van der Waals surface area contributed by atoms with Crippen molar-refractivity contribution in [1.29, 1.82) is 0 Å². The predicted octanol–water partition coefficient (Wildman–Crippen LogP) is 4.42. The monoisotopic (exact) mass is 421 g/mol. The van der Waals surface area contributed by atoms with Gasteiger partial charge in [-0.1, -0.05) is 30.3 Å². The fraction of sp³-hybridized carbons (Fsp3) is 0.261. The predicted molar refractivity (Wildman–Crippen MR) is 118 cm³/mol. The molecule has 2 heterocycles. The molecule has 0 radical (unpaired) electrons. The number of nitrogens with zero attached hydrogens (tertiary/aromatic N) is 2. The van der Waals surface area contributed by atoms with E-state index in [4.69, 9.17) is 0 Å². The molecule has 4 rings (SSSR count). The summed E-state index contributed by atoms with van der Waals surface area (Å²) in [5.41, 5.74) is 3.07. The Labute approximate surface area is 179 Å². The van der Waals surface area contributed by atoms with Crippen LogP contribution < -0.4 is 5.32 Å². The fourth-order valence-electron chi connectivity index (χ4n) is 4.06. The highest BCUT2D eigenvalue weighted by molar-refractivity contribution is 7.10. The van der Waals surface area contributed by atoms with Crippen molar-refractivity contribution in [1.82, 2.24) is 10.2 Å². The number of thiophene rings is 1. The van der Waals surface area contributed by atoms with Gasteiger partial charge in [0.25, 0.3) is 11.6 Å². The van der Waals surface area contributed by atoms with Gasteiger partial charge in [0, 0.05) is 41.7 Å². The van der Waals surface area contributed by atoms with Crippen LogP contribution in [0.4, 0.5) is 5.69 Å². The van der Waals surface area contributed by atoms with Crippen LogP contribution in [0.2, 0.25) is 0 Å². The molecule has 1 N–H and O–H groups in total. The highest BCUT2D eigenvalue weighted by Gasteiger charge is 2.33. The molecule has 1 amide bonds. The summed E-state index contributed by atoms with van der Waals surface area (Å²) < 4.78 is 0. The molecule has 1 aliphatic rings. The maximum Gasteiger partial charge on any atom is 0.269 e. The van der Waals surface area contributed by atoms with Crippen LogP contribution in [-0.4, -0.2) is 34.9 Å². The second kappa shape index (κ2) is 8.77. The van der Waals surface area contributed by atoms with Gasteiger partial charge in [-0.15, -0.1) is 11.3 Å². The van der Waals surface area contributed by atoms with Crippen LogP contribution in [0.5, 0.6) is 0 Å². The third-order valence-corrected chi connectivity index (χ3v) is 6.56. The standard InChI is InChI=1S/C23H23N3O3S/c1-16-15-19-11-14-30-22(19)21(17-5-3-2-4-6-17)25(16)13-12-24-23(27)18-7-9-20(10-8-18)26(28)29/h2-11,14,16,21H,12-13,15H2,1H3,(H,24,27)/t16-,21-/m1/s1. The third-order valence-electron chi connectivity index (χ3n) is 5.55. The minimum absolute atomic E-state index is 0.0221. The maximum atomic E-state index is 12.5. The van der Waals surface area contributed by atoms with Crippen LogP contribution in [0.25, 0.3) is 0 Å². The van der Waals surface area contributed by atoms with Gasteiger partial charge in [0.1, 0.15) is 0 Å². The summed E-state index contributed by atoms with van der Waals surface area (Å²) in [6.45, 7) is 3.45. The molecular formula is C23H23N3O3S. The van der Waals surface area contributed by atoms with E-state index in [1.807, 2.05) is 6.07 Å². The summed E-state index contributed by atoms with van der Waals surface area (Å²) >= 11 is 1.79. The molecule has 30 heavy (non-hydrogen) atoms. The number of nitro groups is 1. The first-order chi connectivity index (χ1) is 14.5. The van der Waals surface area contributed by atoms with Crippen molar-refractivity contribution in [2.24, 2.45) is 0 Å². The molecule has 0 fully saturated rings. The summed E-state index contributed by atoms with van der Waals surface area (Å²) in [6.07, 6.45) is 0.998. The van der Waals surface area contributed by atoms with Crippen LogP contribution in [0.15, 0.2) is 66.0 Å². The smallest absolute Gasteiger partial charge is 0.269 e. The molecule has 7 heteroatoms. The van der Waals surface area contributed by atoms with Gasteiger partial charge < -0.3 is 5.32 Å². The minimum atomic E-state index is -0.470. The highest BCUT2D eigenvalue weighted by Crippen LogP contribution is 2.40. The molecule has 2 aromatic carbocycles. The Hall–Kier alpha value is -3.03. The fourth-order valence-corrected chi connectivity index (χ4v) is 5.14. The Balaban J connectivity index is 1.46. The van der Waals surface area contributed by atoms with Gasteiger partial charge in [-0.3, -0.25) is 19.8 Å². The number of rotatable bonds is 6. The zero-order valence-electron chi connectivity index (χ0n) is 16.7. The summed E-state index contributed by atoms with van der Waals surface area (Å²) in [5, 5.41) is 15.9. The molecule has 1 aromatic heterocycles. The van der Waals surface area contributed by atoms with E-state index in [1.54, 1.807) is 11.3 Å². The average molecular weight is 422 g/mol. The number of fused-ring (bicyclic) bond motifs is 1. The first-order valence-electron chi connectivity index (χ1n) is 9.94. The molecule has 6 nitrogen and oxygen atoms in total. The van der Waals surface area contributed by atoms with Crippen LogP contribution >= 0.6 is 11.3 Å². The van der Waals surface area contributed by atoms with Crippen molar-refractivity contribution in [2.75, 3.05) is 13.1 Å². The maximum absolute atomic E-state index is 12.5. The molecule has 3 aromatic rings. The number of amides is 1. The Morgan fingerprint density at radius 1 is 1.17 bits per heavy atom. The molecule has 154 valence electrons. The Bertz CT molecular complexity index is 1030. The molecule has 0 spiro atoms. The van der Waals surface area contributed by atoms with Gasteiger partial charge in [0.15, 0.2) is 0 Å². The van der Waals surface area contributed by atoms with Crippen LogP contribution in [0.1, 0.15) is 39.3 Å². The van der Waals surface area contributed by atoms with E-state index in [0.717, 1.165) is 13.0 Å². The zero-order chi connectivity index (χ0) is 21.1. The first kappa shape index (κ1) is 20.3. The SMILES string of the molecule is C[C@@H]1Cc2ccsc2[C@@H](c2ccccc2)N1CCNC(=O)c1ccc([N+](=O)[O-])cc1. The lowest BCUT2D eigenvalue weighted by molar-refractivity contribution is -0.384. The lowest BCUT2D eigenvalue weighted by Crippen LogP contribution is -2.45. The molecule has 2 atom stereocenters. The minimum Gasteiger partial charge on any atom is -0.351 e. The van der Waals surface area contributed by atoms with Crippen molar-refractivity contribution in [2.45, 2.75) is 25.4 Å². The van der Waals surface area contributed by atoms with Gasteiger partial charge in [-0.2, -0.15) is 0 Å². The molecule has 0 saturated carbocycles. The molecule has 1 aliphatic heterocycles. The lowest BCUT2D eigenvalue weighted by atomic mass is 9.91. The second-order valence-corrected chi connectivity index (χ2v) is 8.42. The number of benzene rings is 2. The largest absolute Gasteiger partial charge is 0.351 e. The Morgan fingerprint density at radius 3 is 2.60 bits per heavy atom. The van der Waals surface area contributed by atoms with Crippen molar-refractivity contribution in [3.8, 4) is 0 Å². The van der Waals surface area contributed by atoms with E-state index in [1.165, 1.54) is 40.3 Å². The van der Waals surface area contributed by atoms with Gasteiger partial charge in [0.05, 0.1) is 11.0 Å². The molecule has 0 saturated heterocycles. The van der Waals surface area contributed by atoms with Gasteiger partial charge in [0.2, 0.25) is 0 Å². The number of hydrogen-bond acceptors (Lipinski definition) is 5. The molecular weight excluding hydrogens is 398 g/mol. The van der Waals surface area contributed by atoms with Crippen LogP contribution in [0, 0.1) is 10.1 Å². The Kier molecular flexibility index (Phi) is 5.92.